The van der Waals surface area contributed by atoms with Crippen LogP contribution in [0, 0.1) is 0 Å². The maximum Gasteiger partial charge on any atom is 0.0926 e. The summed E-state index contributed by atoms with van der Waals surface area (Å²) < 4.78 is 2.13. The van der Waals surface area contributed by atoms with Gasteiger partial charge in [-0.05, 0) is 24.6 Å². The predicted molar refractivity (Wildman–Crippen MR) is 82.6 cm³/mol. The van der Waals surface area contributed by atoms with E-state index >= 15 is 0 Å². The lowest BCUT2D eigenvalue weighted by Gasteiger charge is -2.04. The van der Waals surface area contributed by atoms with Crippen LogP contribution in [0.2, 0.25) is 10.0 Å². The highest BCUT2D eigenvalue weighted by Gasteiger charge is 2.08. The third-order valence-corrected chi connectivity index (χ3v) is 4.61. The summed E-state index contributed by atoms with van der Waals surface area (Å²) >= 11 is 14.0. The molecule has 3 rings (SSSR count). The van der Waals surface area contributed by atoms with Crippen molar-refractivity contribution in [1.29, 1.82) is 0 Å². The quantitative estimate of drug-likeness (QED) is 0.664. The fraction of sp³-hybridized carbons (Fsp3) is 0.214. The highest BCUT2D eigenvalue weighted by molar-refractivity contribution is 7.09. The molecule has 0 fully saturated rings. The van der Waals surface area contributed by atoms with Gasteiger partial charge in [-0.15, -0.1) is 11.3 Å². The van der Waals surface area contributed by atoms with Crippen LogP contribution in [0.15, 0.2) is 29.8 Å². The summed E-state index contributed by atoms with van der Waals surface area (Å²) in [5.41, 5.74) is 2.12. The van der Waals surface area contributed by atoms with E-state index in [1.807, 2.05) is 18.3 Å². The van der Waals surface area contributed by atoms with E-state index in [0.29, 0.717) is 10.0 Å². The van der Waals surface area contributed by atoms with Gasteiger partial charge in [0.25, 0.3) is 0 Å². The Morgan fingerprint density at radius 3 is 2.89 bits per heavy atom. The van der Waals surface area contributed by atoms with Crippen LogP contribution in [0.5, 0.6) is 0 Å². The van der Waals surface area contributed by atoms with E-state index in [1.54, 1.807) is 17.4 Å². The first kappa shape index (κ1) is 13.0. The normalized spacial score (nSPS) is 11.3. The van der Waals surface area contributed by atoms with Gasteiger partial charge in [0.1, 0.15) is 0 Å². The van der Waals surface area contributed by atoms with Crippen molar-refractivity contribution in [2.45, 2.75) is 19.9 Å². The highest BCUT2D eigenvalue weighted by atomic mass is 35.5. The second kappa shape index (κ2) is 5.16. The summed E-state index contributed by atoms with van der Waals surface area (Å²) in [6.07, 6.45) is 3.01. The Labute approximate surface area is 125 Å². The smallest absolute Gasteiger partial charge is 0.0926 e. The molecule has 0 N–H and O–H groups in total. The van der Waals surface area contributed by atoms with Gasteiger partial charge < -0.3 is 4.57 Å². The Bertz CT molecular complexity index is 730. The molecule has 0 saturated carbocycles. The average molecular weight is 311 g/mol. The van der Waals surface area contributed by atoms with Crippen molar-refractivity contribution >= 4 is 45.4 Å². The zero-order valence-electron chi connectivity index (χ0n) is 10.4. The van der Waals surface area contributed by atoms with Gasteiger partial charge in [0.05, 0.1) is 27.8 Å². The van der Waals surface area contributed by atoms with E-state index in [4.69, 9.17) is 23.2 Å². The second-order valence-corrected chi connectivity index (χ2v) is 6.14. The largest absolute Gasteiger partial charge is 0.341 e. The van der Waals surface area contributed by atoms with Crippen LogP contribution in [-0.2, 0) is 13.0 Å². The van der Waals surface area contributed by atoms with Crippen LogP contribution in [0.25, 0.3) is 10.9 Å². The Hall–Kier alpha value is -1.03. The minimum absolute atomic E-state index is 0.657. The number of nitrogens with zero attached hydrogens (tertiary/aromatic N) is 2. The lowest BCUT2D eigenvalue weighted by atomic mass is 10.2. The van der Waals surface area contributed by atoms with E-state index in [9.17, 15) is 0 Å². The molecule has 0 radical (unpaired) electrons. The first-order valence-electron chi connectivity index (χ1n) is 6.04. The Kier molecular flexibility index (Phi) is 3.52. The van der Waals surface area contributed by atoms with E-state index in [-0.39, 0.29) is 0 Å². The molecule has 0 aliphatic carbocycles. The molecular weight excluding hydrogens is 299 g/mol. The van der Waals surface area contributed by atoms with Gasteiger partial charge >= 0.3 is 0 Å². The molecule has 0 atom stereocenters. The van der Waals surface area contributed by atoms with Crippen LogP contribution in [-0.4, -0.2) is 9.55 Å². The number of aromatic nitrogens is 2. The molecule has 0 spiro atoms. The lowest BCUT2D eigenvalue weighted by Crippen LogP contribution is -1.98. The summed E-state index contributed by atoms with van der Waals surface area (Å²) in [6, 6.07) is 5.73. The summed E-state index contributed by atoms with van der Waals surface area (Å²) in [5.74, 6) is 0. The Balaban J connectivity index is 2.01. The van der Waals surface area contributed by atoms with Gasteiger partial charge in [-0.3, -0.25) is 0 Å². The zero-order chi connectivity index (χ0) is 13.4. The standard InChI is InChI=1S/C14H12Cl2N2S/c1-2-14-17-10(8-19-14)7-18-4-3-11-12(16)5-9(15)6-13(11)18/h3-6,8H,2,7H2,1H3. The molecule has 0 unspecified atom stereocenters. The molecule has 5 heteroatoms. The van der Waals surface area contributed by atoms with Crippen molar-refractivity contribution in [1.82, 2.24) is 9.55 Å². The van der Waals surface area contributed by atoms with Gasteiger partial charge in [0.2, 0.25) is 0 Å². The zero-order valence-corrected chi connectivity index (χ0v) is 12.7. The molecule has 2 heterocycles. The van der Waals surface area contributed by atoms with Crippen LogP contribution in [0.3, 0.4) is 0 Å². The number of halogens is 2. The van der Waals surface area contributed by atoms with Crippen LogP contribution < -0.4 is 0 Å². The van der Waals surface area contributed by atoms with E-state index in [1.165, 1.54) is 5.01 Å². The third-order valence-electron chi connectivity index (χ3n) is 3.04. The SMILES string of the molecule is CCc1nc(Cn2ccc3c(Cl)cc(Cl)cc32)cs1. The lowest BCUT2D eigenvalue weighted by molar-refractivity contribution is 0.808. The van der Waals surface area contributed by atoms with Crippen LogP contribution >= 0.6 is 34.5 Å². The Morgan fingerprint density at radius 2 is 2.16 bits per heavy atom. The molecule has 2 nitrogen and oxygen atoms in total. The fourth-order valence-electron chi connectivity index (χ4n) is 2.11. The summed E-state index contributed by atoms with van der Waals surface area (Å²) in [6.45, 7) is 2.86. The van der Waals surface area contributed by atoms with Crippen LogP contribution in [0.1, 0.15) is 17.6 Å². The molecule has 98 valence electrons. The summed E-state index contributed by atoms with van der Waals surface area (Å²) in [5, 5.41) is 5.65. The molecule has 0 saturated heterocycles. The number of rotatable bonds is 3. The van der Waals surface area contributed by atoms with Gasteiger partial charge in [-0.2, -0.15) is 0 Å². The van der Waals surface area contributed by atoms with Gasteiger partial charge in [0, 0.05) is 22.0 Å². The molecule has 0 aliphatic rings. The van der Waals surface area contributed by atoms with Gasteiger partial charge in [-0.1, -0.05) is 30.1 Å². The van der Waals surface area contributed by atoms with Gasteiger partial charge in [-0.25, -0.2) is 4.98 Å². The highest BCUT2D eigenvalue weighted by Crippen LogP contribution is 2.29. The number of thiazole rings is 1. The second-order valence-electron chi connectivity index (χ2n) is 4.35. The van der Waals surface area contributed by atoms with Crippen molar-refractivity contribution in [3.05, 3.63) is 50.5 Å². The number of benzene rings is 1. The first-order valence-corrected chi connectivity index (χ1v) is 7.68. The van der Waals surface area contributed by atoms with E-state index in [2.05, 4.69) is 21.9 Å². The van der Waals surface area contributed by atoms with Gasteiger partial charge in [0.15, 0.2) is 0 Å². The van der Waals surface area contributed by atoms with Crippen molar-refractivity contribution in [2.75, 3.05) is 0 Å². The van der Waals surface area contributed by atoms with E-state index < -0.39 is 0 Å². The molecule has 0 aliphatic heterocycles. The minimum atomic E-state index is 0.657. The average Bonchev–Trinajstić information content (AvgIpc) is 2.97. The number of hydrogen-bond donors (Lipinski definition) is 0. The Morgan fingerprint density at radius 1 is 1.32 bits per heavy atom. The molecule has 19 heavy (non-hydrogen) atoms. The molecule has 0 amide bonds. The molecule has 3 aromatic rings. The molecule has 0 bridgehead atoms. The first-order chi connectivity index (χ1) is 9.17. The topological polar surface area (TPSA) is 17.8 Å². The monoisotopic (exact) mass is 310 g/mol. The summed E-state index contributed by atoms with van der Waals surface area (Å²) in [7, 11) is 0. The molecule has 1 aromatic carbocycles. The van der Waals surface area contributed by atoms with E-state index in [0.717, 1.165) is 29.6 Å². The maximum absolute atomic E-state index is 6.19. The fourth-order valence-corrected chi connectivity index (χ4v) is 3.40. The van der Waals surface area contributed by atoms with Crippen molar-refractivity contribution in [2.24, 2.45) is 0 Å². The van der Waals surface area contributed by atoms with Crippen LogP contribution in [0.4, 0.5) is 0 Å². The minimum Gasteiger partial charge on any atom is -0.341 e. The number of fused-ring (bicyclic) bond motifs is 1. The number of hydrogen-bond acceptors (Lipinski definition) is 2. The third kappa shape index (κ3) is 2.50. The van der Waals surface area contributed by atoms with Crippen molar-refractivity contribution in [3.8, 4) is 0 Å². The molecule has 2 aromatic heterocycles. The van der Waals surface area contributed by atoms with Crippen molar-refractivity contribution in [3.63, 3.8) is 0 Å². The maximum atomic E-state index is 6.19. The predicted octanol–water partition coefficient (Wildman–Crippen LogP) is 5.02. The summed E-state index contributed by atoms with van der Waals surface area (Å²) in [4.78, 5) is 4.59. The van der Waals surface area contributed by atoms with Crippen molar-refractivity contribution < 1.29 is 0 Å². The number of aryl methyl sites for hydroxylation is 1. The molecular formula is C14H12Cl2N2S.